The molecule has 16 heavy (non-hydrogen) atoms. The Kier molecular flexibility index (Phi) is 2.49. The summed E-state index contributed by atoms with van der Waals surface area (Å²) in [5.41, 5.74) is 2.24. The van der Waals surface area contributed by atoms with Gasteiger partial charge in [-0.3, -0.25) is 10.2 Å². The molecule has 0 amide bonds. The van der Waals surface area contributed by atoms with Crippen molar-refractivity contribution in [3.63, 3.8) is 0 Å². The SMILES string of the molecule is ON1C=CN(c2ccc(C(F)(F)F)cc2)N1. The molecule has 4 nitrogen and oxygen atoms in total. The molecule has 0 spiro atoms. The first-order chi connectivity index (χ1) is 7.47. The largest absolute Gasteiger partial charge is 0.416 e. The first-order valence-electron chi connectivity index (χ1n) is 4.36. The van der Waals surface area contributed by atoms with Crippen LogP contribution in [0.1, 0.15) is 5.56 Å². The van der Waals surface area contributed by atoms with Crippen LogP contribution in [0.4, 0.5) is 18.9 Å². The maximum absolute atomic E-state index is 12.3. The molecule has 0 aromatic heterocycles. The van der Waals surface area contributed by atoms with Crippen LogP contribution in [0.15, 0.2) is 36.7 Å². The third-order valence-electron chi connectivity index (χ3n) is 2.04. The molecule has 2 rings (SSSR count). The highest BCUT2D eigenvalue weighted by Crippen LogP contribution is 2.30. The molecule has 1 aliphatic heterocycles. The molecular formula is C9H8F3N3O. The Morgan fingerprint density at radius 2 is 1.69 bits per heavy atom. The second-order valence-corrected chi connectivity index (χ2v) is 3.16. The topological polar surface area (TPSA) is 38.7 Å². The Morgan fingerprint density at radius 1 is 1.06 bits per heavy atom. The molecule has 0 saturated carbocycles. The smallest absolute Gasteiger partial charge is 0.272 e. The van der Waals surface area contributed by atoms with Gasteiger partial charge in [-0.1, -0.05) is 0 Å². The standard InChI is InChI=1S/C9H8F3N3O/c10-9(11,12)7-1-3-8(4-2-7)14-5-6-15(16)13-14/h1-6,13,16H. The lowest BCUT2D eigenvalue weighted by atomic mass is 10.2. The molecule has 1 aromatic carbocycles. The number of rotatable bonds is 1. The summed E-state index contributed by atoms with van der Waals surface area (Å²) in [4.78, 5) is 0. The predicted molar refractivity (Wildman–Crippen MR) is 49.8 cm³/mol. The summed E-state index contributed by atoms with van der Waals surface area (Å²) in [6.07, 6.45) is -1.55. The average molecular weight is 231 g/mol. The molecule has 0 radical (unpaired) electrons. The third-order valence-corrected chi connectivity index (χ3v) is 2.04. The fraction of sp³-hybridized carbons (Fsp3) is 0.111. The Labute approximate surface area is 89.1 Å². The molecule has 0 bridgehead atoms. The van der Waals surface area contributed by atoms with Gasteiger partial charge in [-0.25, -0.2) is 0 Å². The van der Waals surface area contributed by atoms with Crippen LogP contribution < -0.4 is 10.5 Å². The van der Waals surface area contributed by atoms with E-state index in [1.54, 1.807) is 0 Å². The zero-order valence-corrected chi connectivity index (χ0v) is 7.94. The van der Waals surface area contributed by atoms with E-state index in [0.717, 1.165) is 12.1 Å². The molecule has 0 atom stereocenters. The van der Waals surface area contributed by atoms with E-state index in [-0.39, 0.29) is 0 Å². The third kappa shape index (κ3) is 2.10. The van der Waals surface area contributed by atoms with Gasteiger partial charge < -0.3 is 0 Å². The van der Waals surface area contributed by atoms with Gasteiger partial charge in [0.2, 0.25) is 0 Å². The number of hydrogen-bond acceptors (Lipinski definition) is 4. The number of hydroxylamine groups is 1. The van der Waals surface area contributed by atoms with Crippen LogP contribution >= 0.6 is 0 Å². The van der Waals surface area contributed by atoms with Gasteiger partial charge in [0.15, 0.2) is 0 Å². The van der Waals surface area contributed by atoms with Gasteiger partial charge in [-0.2, -0.15) is 18.3 Å². The summed E-state index contributed by atoms with van der Waals surface area (Å²) >= 11 is 0. The van der Waals surface area contributed by atoms with E-state index < -0.39 is 11.7 Å². The molecule has 1 aliphatic rings. The number of benzene rings is 1. The van der Waals surface area contributed by atoms with E-state index in [1.807, 2.05) is 0 Å². The van der Waals surface area contributed by atoms with Crippen LogP contribution in [-0.4, -0.2) is 10.4 Å². The molecule has 2 N–H and O–H groups in total. The van der Waals surface area contributed by atoms with Gasteiger partial charge in [-0.15, -0.1) is 5.53 Å². The minimum atomic E-state index is -4.34. The van der Waals surface area contributed by atoms with Crippen molar-refractivity contribution in [2.75, 3.05) is 5.01 Å². The van der Waals surface area contributed by atoms with Crippen molar-refractivity contribution in [1.29, 1.82) is 0 Å². The second kappa shape index (κ2) is 3.69. The molecule has 0 aliphatic carbocycles. The Morgan fingerprint density at radius 3 is 2.12 bits per heavy atom. The van der Waals surface area contributed by atoms with E-state index in [1.165, 1.54) is 29.5 Å². The molecule has 0 fully saturated rings. The molecule has 0 unspecified atom stereocenters. The number of nitrogens with zero attached hydrogens (tertiary/aromatic N) is 2. The zero-order valence-electron chi connectivity index (χ0n) is 7.94. The molecule has 86 valence electrons. The normalized spacial score (nSPS) is 16.0. The molecule has 0 saturated heterocycles. The van der Waals surface area contributed by atoms with Gasteiger partial charge in [0, 0.05) is 6.20 Å². The van der Waals surface area contributed by atoms with E-state index in [2.05, 4.69) is 5.53 Å². The summed E-state index contributed by atoms with van der Waals surface area (Å²) < 4.78 is 36.8. The summed E-state index contributed by atoms with van der Waals surface area (Å²) in [5, 5.41) is 11.0. The lowest BCUT2D eigenvalue weighted by molar-refractivity contribution is -0.137. The molecule has 1 heterocycles. The van der Waals surface area contributed by atoms with Crippen molar-refractivity contribution < 1.29 is 18.4 Å². The monoisotopic (exact) mass is 231 g/mol. The Hall–Kier alpha value is -1.73. The first kappa shape index (κ1) is 10.8. The number of nitrogens with one attached hydrogen (secondary N) is 1. The van der Waals surface area contributed by atoms with Crippen molar-refractivity contribution in [1.82, 2.24) is 10.7 Å². The minimum Gasteiger partial charge on any atom is -0.272 e. The fourth-order valence-corrected chi connectivity index (χ4v) is 1.26. The second-order valence-electron chi connectivity index (χ2n) is 3.16. The highest BCUT2D eigenvalue weighted by Gasteiger charge is 2.30. The lowest BCUT2D eigenvalue weighted by Crippen LogP contribution is -2.37. The van der Waals surface area contributed by atoms with Crippen LogP contribution in [0, 0.1) is 0 Å². The van der Waals surface area contributed by atoms with Crippen LogP contribution in [-0.2, 0) is 6.18 Å². The summed E-state index contributed by atoms with van der Waals surface area (Å²) in [7, 11) is 0. The van der Waals surface area contributed by atoms with Gasteiger partial charge in [-0.05, 0) is 24.3 Å². The first-order valence-corrected chi connectivity index (χ1v) is 4.36. The van der Waals surface area contributed by atoms with Crippen LogP contribution in [0.5, 0.6) is 0 Å². The van der Waals surface area contributed by atoms with E-state index in [0.29, 0.717) is 10.9 Å². The molecule has 1 aromatic rings. The highest BCUT2D eigenvalue weighted by molar-refractivity contribution is 5.49. The summed E-state index contributed by atoms with van der Waals surface area (Å²) in [5.74, 6) is 0. The van der Waals surface area contributed by atoms with E-state index >= 15 is 0 Å². The minimum absolute atomic E-state index is 0.487. The molecule has 7 heteroatoms. The van der Waals surface area contributed by atoms with Crippen LogP contribution in [0.2, 0.25) is 0 Å². The average Bonchev–Trinajstić information content (AvgIpc) is 2.64. The highest BCUT2D eigenvalue weighted by atomic mass is 19.4. The quantitative estimate of drug-likeness (QED) is 0.776. The van der Waals surface area contributed by atoms with Crippen LogP contribution in [0.3, 0.4) is 0 Å². The number of halogens is 3. The van der Waals surface area contributed by atoms with E-state index in [9.17, 15) is 13.2 Å². The predicted octanol–water partition coefficient (Wildman–Crippen LogP) is 2.11. The van der Waals surface area contributed by atoms with Crippen molar-refractivity contribution in [2.24, 2.45) is 0 Å². The lowest BCUT2D eigenvalue weighted by Gasteiger charge is -2.18. The van der Waals surface area contributed by atoms with Gasteiger partial charge in [0.25, 0.3) is 0 Å². The number of alkyl halides is 3. The van der Waals surface area contributed by atoms with E-state index in [4.69, 9.17) is 5.21 Å². The summed E-state index contributed by atoms with van der Waals surface area (Å²) in [6, 6.07) is 4.56. The number of hydrazine groups is 2. The van der Waals surface area contributed by atoms with Gasteiger partial charge in [0.05, 0.1) is 17.5 Å². The Balaban J connectivity index is 2.17. The number of hydrogen-bond donors (Lipinski definition) is 2. The summed E-state index contributed by atoms with van der Waals surface area (Å²) in [6.45, 7) is 0. The van der Waals surface area contributed by atoms with Crippen molar-refractivity contribution >= 4 is 5.69 Å². The van der Waals surface area contributed by atoms with Crippen LogP contribution in [0.25, 0.3) is 0 Å². The maximum Gasteiger partial charge on any atom is 0.416 e. The fourth-order valence-electron chi connectivity index (χ4n) is 1.26. The van der Waals surface area contributed by atoms with Crippen molar-refractivity contribution in [2.45, 2.75) is 6.18 Å². The Bertz CT molecular complexity index is 401. The van der Waals surface area contributed by atoms with Gasteiger partial charge >= 0.3 is 6.18 Å². The number of anilines is 1. The van der Waals surface area contributed by atoms with Crippen molar-refractivity contribution in [3.8, 4) is 0 Å². The zero-order chi connectivity index (χ0) is 11.8. The molecular weight excluding hydrogens is 223 g/mol. The maximum atomic E-state index is 12.3. The van der Waals surface area contributed by atoms with Crippen molar-refractivity contribution in [3.05, 3.63) is 42.2 Å². The van der Waals surface area contributed by atoms with Gasteiger partial charge in [0.1, 0.15) is 0 Å².